The Labute approximate surface area is 116 Å². The van der Waals surface area contributed by atoms with Crippen molar-refractivity contribution in [2.75, 3.05) is 27.7 Å². The maximum Gasteiger partial charge on any atom is 0.119 e. The van der Waals surface area contributed by atoms with Crippen molar-refractivity contribution in [2.24, 2.45) is 5.92 Å². The van der Waals surface area contributed by atoms with Gasteiger partial charge in [-0.3, -0.25) is 0 Å². The van der Waals surface area contributed by atoms with E-state index >= 15 is 0 Å². The maximum atomic E-state index is 11.2. The normalized spacial score (nSPS) is 27.5. The Bertz CT molecular complexity index is 419. The lowest BCUT2D eigenvalue weighted by Gasteiger charge is -2.40. The number of methoxy groups -OCH3 is 1. The molecular formula is C16H26NO2+. The van der Waals surface area contributed by atoms with E-state index in [0.29, 0.717) is 5.92 Å². The molecule has 1 aliphatic rings. The highest BCUT2D eigenvalue weighted by atomic mass is 16.5. The molecule has 0 saturated heterocycles. The molecule has 0 radical (unpaired) electrons. The summed E-state index contributed by atoms with van der Waals surface area (Å²) in [6, 6.07) is 7.93. The van der Waals surface area contributed by atoms with Crippen molar-refractivity contribution >= 4 is 0 Å². The van der Waals surface area contributed by atoms with Gasteiger partial charge in [0.15, 0.2) is 0 Å². The lowest BCUT2D eigenvalue weighted by Crippen LogP contribution is -3.06. The highest BCUT2D eigenvalue weighted by Gasteiger charge is 2.41. The molecule has 19 heavy (non-hydrogen) atoms. The molecule has 0 spiro atoms. The molecule has 2 atom stereocenters. The summed E-state index contributed by atoms with van der Waals surface area (Å²) in [5, 5.41) is 11.2. The van der Waals surface area contributed by atoms with Crippen LogP contribution in [0.25, 0.3) is 0 Å². The summed E-state index contributed by atoms with van der Waals surface area (Å²) in [5.74, 6) is 1.16. The summed E-state index contributed by atoms with van der Waals surface area (Å²) in [7, 11) is 5.98. The van der Waals surface area contributed by atoms with Crippen molar-refractivity contribution in [3.63, 3.8) is 0 Å². The average molecular weight is 264 g/mol. The molecule has 1 fully saturated rings. The summed E-state index contributed by atoms with van der Waals surface area (Å²) in [5.41, 5.74) is 0.321. The Kier molecular flexibility index (Phi) is 4.48. The van der Waals surface area contributed by atoms with Gasteiger partial charge in [-0.2, -0.15) is 0 Å². The van der Waals surface area contributed by atoms with Crippen molar-refractivity contribution in [3.05, 3.63) is 29.8 Å². The monoisotopic (exact) mass is 264 g/mol. The number of nitrogens with one attached hydrogen (secondary N) is 1. The van der Waals surface area contributed by atoms with E-state index < -0.39 is 5.60 Å². The highest BCUT2D eigenvalue weighted by molar-refractivity contribution is 5.33. The number of hydrogen-bond donors (Lipinski definition) is 2. The van der Waals surface area contributed by atoms with Crippen LogP contribution in [-0.4, -0.2) is 32.9 Å². The minimum Gasteiger partial charge on any atom is -0.497 e. The van der Waals surface area contributed by atoms with Crippen LogP contribution in [0, 0.1) is 5.92 Å². The molecule has 2 rings (SSSR count). The Balaban J connectivity index is 2.30. The van der Waals surface area contributed by atoms with E-state index in [1.807, 2.05) is 24.3 Å². The Morgan fingerprint density at radius 3 is 2.84 bits per heavy atom. The molecule has 1 aromatic rings. The topological polar surface area (TPSA) is 33.9 Å². The predicted octanol–water partition coefficient (Wildman–Crippen LogP) is 1.22. The fourth-order valence-electron chi connectivity index (χ4n) is 3.26. The number of rotatable bonds is 4. The van der Waals surface area contributed by atoms with Gasteiger partial charge in [0, 0.05) is 5.92 Å². The fourth-order valence-corrected chi connectivity index (χ4v) is 3.26. The summed E-state index contributed by atoms with van der Waals surface area (Å²) in [6.07, 6.45) is 4.30. The molecule has 106 valence electrons. The fraction of sp³-hybridized carbons (Fsp3) is 0.625. The first-order valence-electron chi connectivity index (χ1n) is 7.22. The molecule has 3 heteroatoms. The van der Waals surface area contributed by atoms with Gasteiger partial charge in [0.25, 0.3) is 0 Å². The SMILES string of the molecule is COc1cccc([C@]2(O)CCCC[C@H]2C[NH+](C)C)c1. The van der Waals surface area contributed by atoms with Crippen LogP contribution in [0.4, 0.5) is 0 Å². The molecule has 2 N–H and O–H groups in total. The standard InChI is InChI=1S/C16H25NO2/c1-17(2)12-14-7-4-5-10-16(14,18)13-8-6-9-15(11-13)19-3/h6,8-9,11,14,18H,4-5,7,10,12H2,1-3H3/p+1/t14-,16+/m0/s1. The third-order valence-electron chi connectivity index (χ3n) is 4.26. The zero-order valence-electron chi connectivity index (χ0n) is 12.3. The molecule has 0 unspecified atom stereocenters. The smallest absolute Gasteiger partial charge is 0.119 e. The van der Waals surface area contributed by atoms with Crippen LogP contribution in [0.5, 0.6) is 5.75 Å². The summed E-state index contributed by atoms with van der Waals surface area (Å²) in [6.45, 7) is 1.01. The van der Waals surface area contributed by atoms with Crippen LogP contribution in [0.3, 0.4) is 0 Å². The van der Waals surface area contributed by atoms with E-state index in [9.17, 15) is 5.11 Å². The highest BCUT2D eigenvalue weighted by Crippen LogP contribution is 2.41. The van der Waals surface area contributed by atoms with E-state index in [-0.39, 0.29) is 0 Å². The zero-order chi connectivity index (χ0) is 13.9. The Morgan fingerprint density at radius 1 is 1.37 bits per heavy atom. The maximum absolute atomic E-state index is 11.2. The number of quaternary nitrogens is 1. The first-order chi connectivity index (χ1) is 9.06. The van der Waals surface area contributed by atoms with Crippen molar-refractivity contribution in [3.8, 4) is 5.75 Å². The van der Waals surface area contributed by atoms with Gasteiger partial charge < -0.3 is 14.7 Å². The van der Waals surface area contributed by atoms with Crippen LogP contribution in [0.1, 0.15) is 31.2 Å². The molecule has 0 bridgehead atoms. The van der Waals surface area contributed by atoms with E-state index in [4.69, 9.17) is 4.74 Å². The van der Waals surface area contributed by atoms with Crippen molar-refractivity contribution in [1.29, 1.82) is 0 Å². The van der Waals surface area contributed by atoms with Gasteiger partial charge in [0.1, 0.15) is 5.75 Å². The predicted molar refractivity (Wildman–Crippen MR) is 76.5 cm³/mol. The average Bonchev–Trinajstić information content (AvgIpc) is 2.41. The molecular weight excluding hydrogens is 238 g/mol. The lowest BCUT2D eigenvalue weighted by atomic mass is 9.71. The van der Waals surface area contributed by atoms with Gasteiger partial charge in [-0.1, -0.05) is 25.0 Å². The van der Waals surface area contributed by atoms with Crippen molar-refractivity contribution < 1.29 is 14.7 Å². The largest absolute Gasteiger partial charge is 0.497 e. The van der Waals surface area contributed by atoms with Crippen LogP contribution in [-0.2, 0) is 5.60 Å². The molecule has 1 aliphatic carbocycles. The lowest BCUT2D eigenvalue weighted by molar-refractivity contribution is -0.863. The van der Waals surface area contributed by atoms with Crippen LogP contribution in [0.2, 0.25) is 0 Å². The third-order valence-corrected chi connectivity index (χ3v) is 4.26. The Morgan fingerprint density at radius 2 is 2.16 bits per heavy atom. The number of aliphatic hydroxyl groups is 1. The minimum atomic E-state index is -0.690. The molecule has 0 amide bonds. The van der Waals surface area contributed by atoms with E-state index in [1.165, 1.54) is 11.3 Å². The van der Waals surface area contributed by atoms with Gasteiger partial charge in [-0.25, -0.2) is 0 Å². The second kappa shape index (κ2) is 5.93. The molecule has 1 saturated carbocycles. The van der Waals surface area contributed by atoms with Crippen LogP contribution in [0.15, 0.2) is 24.3 Å². The molecule has 3 nitrogen and oxygen atoms in total. The molecule has 0 aliphatic heterocycles. The van der Waals surface area contributed by atoms with E-state index in [1.54, 1.807) is 7.11 Å². The van der Waals surface area contributed by atoms with Gasteiger partial charge in [0.05, 0.1) is 33.4 Å². The summed E-state index contributed by atoms with van der Waals surface area (Å²) in [4.78, 5) is 1.40. The van der Waals surface area contributed by atoms with Crippen molar-refractivity contribution in [1.82, 2.24) is 0 Å². The third kappa shape index (κ3) is 3.10. The number of hydrogen-bond acceptors (Lipinski definition) is 2. The molecule has 1 aromatic carbocycles. The minimum absolute atomic E-state index is 0.332. The summed E-state index contributed by atoms with van der Waals surface area (Å²) < 4.78 is 5.29. The first-order valence-corrected chi connectivity index (χ1v) is 7.22. The second-order valence-electron chi connectivity index (χ2n) is 6.01. The number of benzene rings is 1. The van der Waals surface area contributed by atoms with E-state index in [2.05, 4.69) is 14.1 Å². The first kappa shape index (κ1) is 14.4. The van der Waals surface area contributed by atoms with Gasteiger partial charge in [-0.05, 0) is 30.5 Å². The van der Waals surface area contributed by atoms with E-state index in [0.717, 1.165) is 37.1 Å². The Hall–Kier alpha value is -1.06. The zero-order valence-corrected chi connectivity index (χ0v) is 12.3. The molecule has 0 heterocycles. The molecule has 0 aromatic heterocycles. The van der Waals surface area contributed by atoms with Crippen LogP contribution < -0.4 is 9.64 Å². The second-order valence-corrected chi connectivity index (χ2v) is 6.01. The van der Waals surface area contributed by atoms with Gasteiger partial charge >= 0.3 is 0 Å². The summed E-state index contributed by atoms with van der Waals surface area (Å²) >= 11 is 0. The van der Waals surface area contributed by atoms with Gasteiger partial charge in [0.2, 0.25) is 0 Å². The van der Waals surface area contributed by atoms with Crippen LogP contribution >= 0.6 is 0 Å². The van der Waals surface area contributed by atoms with Crippen molar-refractivity contribution in [2.45, 2.75) is 31.3 Å². The quantitative estimate of drug-likeness (QED) is 0.857. The number of ether oxygens (including phenoxy) is 1. The van der Waals surface area contributed by atoms with Gasteiger partial charge in [-0.15, -0.1) is 0 Å².